The van der Waals surface area contributed by atoms with Gasteiger partial charge in [-0.3, -0.25) is 0 Å². The Labute approximate surface area is 111 Å². The van der Waals surface area contributed by atoms with E-state index in [-0.39, 0.29) is 6.10 Å². The van der Waals surface area contributed by atoms with Gasteiger partial charge < -0.3 is 10.0 Å². The fraction of sp³-hybridized carbons (Fsp3) is 0.692. The second kappa shape index (κ2) is 4.54. The van der Waals surface area contributed by atoms with Crippen molar-refractivity contribution >= 4 is 22.9 Å². The van der Waals surface area contributed by atoms with Gasteiger partial charge in [0.25, 0.3) is 0 Å². The van der Waals surface area contributed by atoms with Crippen molar-refractivity contribution in [3.05, 3.63) is 21.3 Å². The Morgan fingerprint density at radius 1 is 1.41 bits per heavy atom. The van der Waals surface area contributed by atoms with Crippen LogP contribution in [0.25, 0.3) is 0 Å². The molecule has 1 aromatic rings. The summed E-state index contributed by atoms with van der Waals surface area (Å²) >= 11 is 7.69. The predicted molar refractivity (Wildman–Crippen MR) is 71.6 cm³/mol. The number of nitrogens with zero attached hydrogens (tertiary/aromatic N) is 1. The van der Waals surface area contributed by atoms with Crippen molar-refractivity contribution in [1.82, 2.24) is 4.90 Å². The van der Waals surface area contributed by atoms with Crippen LogP contribution < -0.4 is 0 Å². The lowest BCUT2D eigenvalue weighted by molar-refractivity contribution is 0.0376. The highest BCUT2D eigenvalue weighted by atomic mass is 35.5. The molecule has 0 radical (unpaired) electrons. The van der Waals surface area contributed by atoms with Crippen molar-refractivity contribution < 1.29 is 5.11 Å². The van der Waals surface area contributed by atoms with E-state index in [9.17, 15) is 5.11 Å². The first kappa shape index (κ1) is 12.0. The van der Waals surface area contributed by atoms with Gasteiger partial charge in [-0.1, -0.05) is 11.6 Å². The lowest BCUT2D eigenvalue weighted by Crippen LogP contribution is -2.41. The second-order valence-corrected chi connectivity index (χ2v) is 6.71. The molecule has 3 unspecified atom stereocenters. The van der Waals surface area contributed by atoms with Gasteiger partial charge in [-0.05, 0) is 50.1 Å². The molecule has 0 aliphatic carbocycles. The molecule has 3 rings (SSSR count). The zero-order chi connectivity index (χ0) is 12.0. The van der Waals surface area contributed by atoms with Crippen LogP contribution in [0.1, 0.15) is 36.7 Å². The second-order valence-electron chi connectivity index (χ2n) is 5.36. The summed E-state index contributed by atoms with van der Waals surface area (Å²) < 4.78 is 0. The van der Waals surface area contributed by atoms with E-state index in [4.69, 9.17) is 11.6 Å². The molecule has 1 aromatic heterocycles. The van der Waals surface area contributed by atoms with E-state index in [0.717, 1.165) is 22.7 Å². The summed E-state index contributed by atoms with van der Waals surface area (Å²) in [5.41, 5.74) is 0. The molecule has 2 aliphatic rings. The van der Waals surface area contributed by atoms with E-state index in [1.54, 1.807) is 11.3 Å². The summed E-state index contributed by atoms with van der Waals surface area (Å²) in [5.74, 6) is 0.389. The van der Waals surface area contributed by atoms with Crippen molar-refractivity contribution in [2.45, 2.75) is 43.9 Å². The first-order valence-corrected chi connectivity index (χ1v) is 7.55. The Bertz CT molecular complexity index is 394. The lowest BCUT2D eigenvalue weighted by atomic mass is 9.86. The zero-order valence-corrected chi connectivity index (χ0v) is 11.5. The highest BCUT2D eigenvalue weighted by molar-refractivity contribution is 7.10. The van der Waals surface area contributed by atoms with Gasteiger partial charge >= 0.3 is 0 Å². The van der Waals surface area contributed by atoms with Gasteiger partial charge in [-0.15, -0.1) is 11.3 Å². The molecule has 3 atom stereocenters. The van der Waals surface area contributed by atoms with E-state index < -0.39 is 0 Å². The quantitative estimate of drug-likeness (QED) is 0.892. The smallest absolute Gasteiger partial charge is 0.0926 e. The van der Waals surface area contributed by atoms with Crippen LogP contribution in [0.15, 0.2) is 11.4 Å². The number of hydrogen-bond donors (Lipinski definition) is 1. The normalized spacial score (nSPS) is 35.1. The largest absolute Gasteiger partial charge is 0.387 e. The number of hydrogen-bond acceptors (Lipinski definition) is 3. The van der Waals surface area contributed by atoms with Gasteiger partial charge in [0.15, 0.2) is 0 Å². The summed E-state index contributed by atoms with van der Waals surface area (Å²) in [7, 11) is 2.23. The average molecular weight is 272 g/mol. The van der Waals surface area contributed by atoms with E-state index in [1.165, 1.54) is 12.8 Å². The highest BCUT2D eigenvalue weighted by Crippen LogP contribution is 2.44. The molecule has 3 heterocycles. The van der Waals surface area contributed by atoms with Gasteiger partial charge in [0.05, 0.1) is 16.0 Å². The first-order chi connectivity index (χ1) is 8.16. The fourth-order valence-electron chi connectivity index (χ4n) is 3.44. The molecule has 0 spiro atoms. The van der Waals surface area contributed by atoms with Gasteiger partial charge in [-0.2, -0.15) is 0 Å². The molecule has 1 N–H and O–H groups in total. The summed E-state index contributed by atoms with van der Waals surface area (Å²) in [5, 5.41) is 13.2. The molecule has 2 saturated heterocycles. The van der Waals surface area contributed by atoms with Crippen molar-refractivity contribution in [3.63, 3.8) is 0 Å². The van der Waals surface area contributed by atoms with Gasteiger partial charge in [0, 0.05) is 12.1 Å². The number of fused-ring (bicyclic) bond motifs is 2. The molecule has 2 nitrogen and oxygen atoms in total. The van der Waals surface area contributed by atoms with Crippen LogP contribution >= 0.6 is 22.9 Å². The SMILES string of the molecule is CN1C2CCC1CC(C(O)c1sccc1Cl)C2. The number of rotatable bonds is 2. The molecule has 94 valence electrons. The van der Waals surface area contributed by atoms with Crippen LogP contribution in [-0.4, -0.2) is 29.1 Å². The molecule has 0 aromatic carbocycles. The van der Waals surface area contributed by atoms with Crippen molar-refractivity contribution in [2.24, 2.45) is 5.92 Å². The zero-order valence-electron chi connectivity index (χ0n) is 9.97. The van der Waals surface area contributed by atoms with Crippen LogP contribution in [0.2, 0.25) is 5.02 Å². The van der Waals surface area contributed by atoms with Crippen LogP contribution in [-0.2, 0) is 0 Å². The lowest BCUT2D eigenvalue weighted by Gasteiger charge is -2.38. The van der Waals surface area contributed by atoms with E-state index >= 15 is 0 Å². The maximum Gasteiger partial charge on any atom is 0.0926 e. The third-order valence-corrected chi connectivity index (χ3v) is 5.92. The summed E-state index contributed by atoms with van der Waals surface area (Å²) in [6.07, 6.45) is 4.45. The van der Waals surface area contributed by atoms with Crippen LogP contribution in [0.4, 0.5) is 0 Å². The number of piperidine rings is 1. The Morgan fingerprint density at radius 3 is 2.59 bits per heavy atom. The van der Waals surface area contributed by atoms with Crippen molar-refractivity contribution in [3.8, 4) is 0 Å². The van der Waals surface area contributed by atoms with Crippen molar-refractivity contribution in [1.29, 1.82) is 0 Å². The third kappa shape index (κ3) is 2.03. The predicted octanol–water partition coefficient (Wildman–Crippen LogP) is 3.31. The van der Waals surface area contributed by atoms with Crippen LogP contribution in [0.5, 0.6) is 0 Å². The Morgan fingerprint density at radius 2 is 2.06 bits per heavy atom. The molecule has 17 heavy (non-hydrogen) atoms. The number of aliphatic hydroxyl groups excluding tert-OH is 1. The summed E-state index contributed by atoms with van der Waals surface area (Å²) in [4.78, 5) is 3.46. The van der Waals surface area contributed by atoms with Gasteiger partial charge in [-0.25, -0.2) is 0 Å². The molecule has 2 bridgehead atoms. The van der Waals surface area contributed by atoms with Crippen LogP contribution in [0, 0.1) is 5.92 Å². The number of halogens is 1. The Kier molecular flexibility index (Phi) is 3.20. The van der Waals surface area contributed by atoms with Crippen molar-refractivity contribution in [2.75, 3.05) is 7.05 Å². The fourth-order valence-corrected chi connectivity index (χ4v) is 4.69. The monoisotopic (exact) mass is 271 g/mol. The maximum atomic E-state index is 10.5. The van der Waals surface area contributed by atoms with Gasteiger partial charge in [0.2, 0.25) is 0 Å². The topological polar surface area (TPSA) is 23.5 Å². The highest BCUT2D eigenvalue weighted by Gasteiger charge is 2.41. The average Bonchev–Trinajstić information content (AvgIpc) is 2.79. The van der Waals surface area contributed by atoms with Crippen LogP contribution in [0.3, 0.4) is 0 Å². The summed E-state index contributed by atoms with van der Waals surface area (Å²) in [6.45, 7) is 0. The summed E-state index contributed by atoms with van der Waals surface area (Å²) in [6, 6.07) is 3.23. The minimum atomic E-state index is -0.362. The standard InChI is InChI=1S/C13H18ClNOS/c1-15-9-2-3-10(15)7-8(6-9)12(16)13-11(14)4-5-17-13/h4-5,8-10,12,16H,2-3,6-7H2,1H3. The molecule has 2 fully saturated rings. The molecule has 2 aliphatic heterocycles. The molecular weight excluding hydrogens is 254 g/mol. The number of thiophene rings is 1. The van der Waals surface area contributed by atoms with Gasteiger partial charge in [0.1, 0.15) is 0 Å². The molecule has 4 heteroatoms. The molecule has 0 saturated carbocycles. The van der Waals surface area contributed by atoms with E-state index in [2.05, 4.69) is 11.9 Å². The van der Waals surface area contributed by atoms with E-state index in [1.807, 2.05) is 11.4 Å². The number of aliphatic hydroxyl groups is 1. The Hall–Kier alpha value is -0.0900. The van der Waals surface area contributed by atoms with E-state index in [0.29, 0.717) is 18.0 Å². The molecule has 0 amide bonds. The molecular formula is C13H18ClNOS. The maximum absolute atomic E-state index is 10.5. The first-order valence-electron chi connectivity index (χ1n) is 6.29. The Balaban J connectivity index is 1.76. The minimum absolute atomic E-state index is 0.362. The third-order valence-electron chi connectivity index (χ3n) is 4.49. The minimum Gasteiger partial charge on any atom is -0.387 e.